The Labute approximate surface area is 128 Å². The third kappa shape index (κ3) is 4.84. The minimum atomic E-state index is -3.14. The van der Waals surface area contributed by atoms with E-state index in [-0.39, 0.29) is 30.1 Å². The lowest BCUT2D eigenvalue weighted by Crippen LogP contribution is -2.47. The van der Waals surface area contributed by atoms with Gasteiger partial charge >= 0.3 is 0 Å². The van der Waals surface area contributed by atoms with E-state index >= 15 is 0 Å². The molecule has 120 valence electrons. The number of rotatable bonds is 6. The molecular weight excluding hydrogens is 300 g/mol. The molecule has 2 saturated heterocycles. The standard InChI is InChI=1S/C13H26N2O3S.ClH/c1-2-8-15(13-3-6-14-7-4-13)19(16,17)11-12-5-9-18-10-12;/h12-14H,2-11H2,1H3;1H. The summed E-state index contributed by atoms with van der Waals surface area (Å²) in [6, 6.07) is 0.188. The average Bonchev–Trinajstić information content (AvgIpc) is 2.89. The molecule has 7 heteroatoms. The van der Waals surface area contributed by atoms with E-state index in [9.17, 15) is 8.42 Å². The van der Waals surface area contributed by atoms with Crippen LogP contribution >= 0.6 is 12.4 Å². The van der Waals surface area contributed by atoms with Crippen molar-refractivity contribution in [1.29, 1.82) is 0 Å². The van der Waals surface area contributed by atoms with Gasteiger partial charge in [-0.25, -0.2) is 8.42 Å². The Morgan fingerprint density at radius 3 is 2.50 bits per heavy atom. The molecule has 0 amide bonds. The van der Waals surface area contributed by atoms with Crippen LogP contribution in [-0.2, 0) is 14.8 Å². The molecule has 1 N–H and O–H groups in total. The van der Waals surface area contributed by atoms with Crippen molar-refractivity contribution in [2.45, 2.75) is 38.6 Å². The molecule has 0 aromatic carbocycles. The first kappa shape index (κ1) is 18.2. The molecule has 0 radical (unpaired) electrons. The topological polar surface area (TPSA) is 58.6 Å². The molecule has 2 aliphatic rings. The second kappa shape index (κ2) is 8.54. The Bertz CT molecular complexity index is 366. The van der Waals surface area contributed by atoms with Crippen LogP contribution < -0.4 is 5.32 Å². The first-order chi connectivity index (χ1) is 9.13. The molecule has 0 aliphatic carbocycles. The fraction of sp³-hybridized carbons (Fsp3) is 1.00. The normalized spacial score (nSPS) is 24.8. The van der Waals surface area contributed by atoms with Crippen LogP contribution in [0.1, 0.15) is 32.6 Å². The van der Waals surface area contributed by atoms with Gasteiger partial charge in [0.1, 0.15) is 0 Å². The number of halogens is 1. The van der Waals surface area contributed by atoms with Crippen LogP contribution in [0.5, 0.6) is 0 Å². The summed E-state index contributed by atoms with van der Waals surface area (Å²) in [5.74, 6) is 0.447. The second-order valence-corrected chi connectivity index (χ2v) is 7.57. The maximum atomic E-state index is 12.6. The van der Waals surface area contributed by atoms with E-state index in [4.69, 9.17) is 4.74 Å². The van der Waals surface area contributed by atoms with Crippen molar-refractivity contribution in [3.8, 4) is 0 Å². The first-order valence-corrected chi connectivity index (χ1v) is 9.02. The lowest BCUT2D eigenvalue weighted by atomic mass is 10.1. The molecule has 2 rings (SSSR count). The zero-order valence-electron chi connectivity index (χ0n) is 12.2. The van der Waals surface area contributed by atoms with Crippen molar-refractivity contribution in [3.05, 3.63) is 0 Å². The Morgan fingerprint density at radius 2 is 1.95 bits per heavy atom. The van der Waals surface area contributed by atoms with Gasteiger partial charge in [0.05, 0.1) is 12.4 Å². The highest BCUT2D eigenvalue weighted by Crippen LogP contribution is 2.22. The van der Waals surface area contributed by atoms with Gasteiger partial charge in [0, 0.05) is 19.2 Å². The summed E-state index contributed by atoms with van der Waals surface area (Å²) in [4.78, 5) is 0. The van der Waals surface area contributed by atoms with Gasteiger partial charge in [0.25, 0.3) is 0 Å². The molecule has 20 heavy (non-hydrogen) atoms. The monoisotopic (exact) mass is 326 g/mol. The molecule has 0 spiro atoms. The summed E-state index contributed by atoms with van der Waals surface area (Å²) in [5, 5.41) is 3.29. The van der Waals surface area contributed by atoms with Gasteiger partial charge in [-0.15, -0.1) is 12.4 Å². The van der Waals surface area contributed by atoms with Crippen LogP contribution in [0.3, 0.4) is 0 Å². The minimum absolute atomic E-state index is 0. The van der Waals surface area contributed by atoms with Crippen LogP contribution in [0.4, 0.5) is 0 Å². The summed E-state index contributed by atoms with van der Waals surface area (Å²) < 4.78 is 32.3. The Morgan fingerprint density at radius 1 is 1.25 bits per heavy atom. The molecule has 5 nitrogen and oxygen atoms in total. The average molecular weight is 327 g/mol. The van der Waals surface area contributed by atoms with E-state index in [1.54, 1.807) is 4.31 Å². The van der Waals surface area contributed by atoms with E-state index in [1.807, 2.05) is 6.92 Å². The van der Waals surface area contributed by atoms with Crippen LogP contribution in [0.2, 0.25) is 0 Å². The summed E-state index contributed by atoms with van der Waals surface area (Å²) in [6.45, 7) is 5.86. The van der Waals surface area contributed by atoms with Gasteiger partial charge in [-0.05, 0) is 44.7 Å². The fourth-order valence-electron chi connectivity index (χ4n) is 2.97. The number of ether oxygens (including phenoxy) is 1. The van der Waals surface area contributed by atoms with Crippen molar-refractivity contribution < 1.29 is 13.2 Å². The van der Waals surface area contributed by atoms with Crippen LogP contribution in [0.25, 0.3) is 0 Å². The quantitative estimate of drug-likeness (QED) is 0.798. The van der Waals surface area contributed by atoms with Crippen molar-refractivity contribution in [3.63, 3.8) is 0 Å². The van der Waals surface area contributed by atoms with Crippen LogP contribution in [0, 0.1) is 5.92 Å². The zero-order chi connectivity index (χ0) is 13.7. The Kier molecular flexibility index (Phi) is 7.75. The molecule has 2 aliphatic heterocycles. The Hall–Kier alpha value is 0.120. The van der Waals surface area contributed by atoms with Gasteiger partial charge in [0.2, 0.25) is 10.0 Å². The number of hydrogen-bond donors (Lipinski definition) is 1. The largest absolute Gasteiger partial charge is 0.381 e. The predicted octanol–water partition coefficient (Wildman–Crippen LogP) is 1.24. The molecule has 2 fully saturated rings. The molecule has 1 atom stereocenters. The predicted molar refractivity (Wildman–Crippen MR) is 82.8 cm³/mol. The summed E-state index contributed by atoms with van der Waals surface area (Å²) in [6.07, 6.45) is 3.62. The highest BCUT2D eigenvalue weighted by Gasteiger charge is 2.33. The molecule has 0 saturated carbocycles. The van der Waals surface area contributed by atoms with E-state index in [0.717, 1.165) is 38.8 Å². The third-order valence-electron chi connectivity index (χ3n) is 3.99. The van der Waals surface area contributed by atoms with Gasteiger partial charge in [0.15, 0.2) is 0 Å². The molecular formula is C13H27ClN2O3S. The summed E-state index contributed by atoms with van der Waals surface area (Å²) >= 11 is 0. The van der Waals surface area contributed by atoms with Gasteiger partial charge < -0.3 is 10.1 Å². The molecule has 2 heterocycles. The van der Waals surface area contributed by atoms with Crippen molar-refractivity contribution in [2.75, 3.05) is 38.6 Å². The number of piperidine rings is 1. The maximum absolute atomic E-state index is 12.6. The molecule has 1 unspecified atom stereocenters. The smallest absolute Gasteiger partial charge is 0.214 e. The first-order valence-electron chi connectivity index (χ1n) is 7.41. The number of hydrogen-bond acceptors (Lipinski definition) is 4. The fourth-order valence-corrected chi connectivity index (χ4v) is 5.15. The summed E-state index contributed by atoms with van der Waals surface area (Å²) in [5.41, 5.74) is 0. The number of nitrogens with zero attached hydrogens (tertiary/aromatic N) is 1. The Balaban J connectivity index is 0.00000200. The van der Waals surface area contributed by atoms with Gasteiger partial charge in [-0.1, -0.05) is 6.92 Å². The van der Waals surface area contributed by atoms with Crippen LogP contribution in [0.15, 0.2) is 0 Å². The zero-order valence-corrected chi connectivity index (χ0v) is 13.8. The molecule has 0 bridgehead atoms. The lowest BCUT2D eigenvalue weighted by Gasteiger charge is -2.34. The SMILES string of the molecule is CCCN(C1CCNCC1)S(=O)(=O)CC1CCOC1.Cl. The molecule has 0 aromatic heterocycles. The van der Waals surface area contributed by atoms with E-state index in [0.29, 0.717) is 19.8 Å². The summed E-state index contributed by atoms with van der Waals surface area (Å²) in [7, 11) is -3.14. The highest BCUT2D eigenvalue weighted by atomic mass is 35.5. The van der Waals surface area contributed by atoms with Gasteiger partial charge in [-0.3, -0.25) is 0 Å². The van der Waals surface area contributed by atoms with Crippen molar-refractivity contribution in [1.82, 2.24) is 9.62 Å². The van der Waals surface area contributed by atoms with Crippen molar-refractivity contribution >= 4 is 22.4 Å². The number of nitrogens with one attached hydrogen (secondary N) is 1. The highest BCUT2D eigenvalue weighted by molar-refractivity contribution is 7.89. The number of sulfonamides is 1. The van der Waals surface area contributed by atoms with E-state index in [1.165, 1.54) is 0 Å². The second-order valence-electron chi connectivity index (χ2n) is 5.60. The maximum Gasteiger partial charge on any atom is 0.214 e. The third-order valence-corrected chi connectivity index (χ3v) is 6.08. The van der Waals surface area contributed by atoms with E-state index in [2.05, 4.69) is 5.32 Å². The minimum Gasteiger partial charge on any atom is -0.381 e. The van der Waals surface area contributed by atoms with Crippen molar-refractivity contribution in [2.24, 2.45) is 5.92 Å². The van der Waals surface area contributed by atoms with Crippen LogP contribution in [-0.4, -0.2) is 57.4 Å². The molecule has 0 aromatic rings. The lowest BCUT2D eigenvalue weighted by molar-refractivity contribution is 0.188. The van der Waals surface area contributed by atoms with E-state index < -0.39 is 10.0 Å². The van der Waals surface area contributed by atoms with Gasteiger partial charge in [-0.2, -0.15) is 4.31 Å².